The van der Waals surface area contributed by atoms with Crippen LogP contribution in [0, 0.1) is 5.41 Å². The quantitative estimate of drug-likeness (QED) is 0.416. The van der Waals surface area contributed by atoms with Crippen molar-refractivity contribution >= 4 is 29.4 Å². The lowest BCUT2D eigenvalue weighted by molar-refractivity contribution is -0.854. The molecule has 4 nitrogen and oxygen atoms in total. The molecular weight excluding hydrogens is 346 g/mol. The lowest BCUT2D eigenvalue weighted by Crippen LogP contribution is -2.63. The molecule has 1 fully saturated rings. The summed E-state index contributed by atoms with van der Waals surface area (Å²) in [7, 11) is 0. The van der Waals surface area contributed by atoms with E-state index < -0.39 is 22.5 Å². The number of hydrogen-bond donors (Lipinski definition) is 0. The topological polar surface area (TPSA) is 51.2 Å². The zero-order valence-corrected chi connectivity index (χ0v) is 17.0. The number of amides is 1. The molecule has 1 aliphatic heterocycles. The Balaban J connectivity index is 2.50. The molecule has 0 radical (unpaired) electrons. The Kier molecular flexibility index (Phi) is 6.35. The van der Waals surface area contributed by atoms with Crippen LogP contribution in [0.2, 0.25) is 0 Å². The lowest BCUT2D eigenvalue weighted by atomic mass is 9.83. The van der Waals surface area contributed by atoms with Crippen LogP contribution < -0.4 is 0 Å². The monoisotopic (exact) mass is 375 g/mol. The molecule has 0 aromatic heterocycles. The van der Waals surface area contributed by atoms with Crippen LogP contribution in [0.4, 0.5) is 0 Å². The van der Waals surface area contributed by atoms with Gasteiger partial charge in [-0.3, -0.25) is 4.79 Å². The van der Waals surface area contributed by atoms with Crippen LogP contribution >= 0.6 is 0 Å². The molecule has 1 heterocycles. The van der Waals surface area contributed by atoms with Crippen molar-refractivity contribution in [1.82, 2.24) is 0 Å². The summed E-state index contributed by atoms with van der Waals surface area (Å²) in [5, 5.41) is -0.416. The van der Waals surface area contributed by atoms with Gasteiger partial charge in [0, 0.05) is 17.8 Å². The van der Waals surface area contributed by atoms with Gasteiger partial charge in [0.15, 0.2) is 0 Å². The Bertz CT molecular complexity index is 686. The Morgan fingerprint density at radius 1 is 1.15 bits per heavy atom. The van der Waals surface area contributed by atoms with E-state index >= 15 is 0 Å². The number of benzene rings is 1. The van der Waals surface area contributed by atoms with Gasteiger partial charge in [0.1, 0.15) is 6.04 Å². The number of rotatable bonds is 7. The van der Waals surface area contributed by atoms with Crippen LogP contribution in [-0.4, -0.2) is 40.4 Å². The van der Waals surface area contributed by atoms with E-state index in [1.54, 1.807) is 13.8 Å². The van der Waals surface area contributed by atoms with Crippen molar-refractivity contribution in [3.05, 3.63) is 35.9 Å². The van der Waals surface area contributed by atoms with Crippen LogP contribution in [0.15, 0.2) is 30.3 Å². The molecule has 1 aromatic carbocycles. The molecule has 1 aliphatic rings. The van der Waals surface area contributed by atoms with Crippen LogP contribution in [0.3, 0.4) is 0 Å². The maximum atomic E-state index is 13.4. The first-order valence-electron chi connectivity index (χ1n) is 9.43. The predicted molar refractivity (Wildman–Crippen MR) is 104 cm³/mol. The number of carbonyl (C=O) groups excluding carboxylic acids is 3. The van der Waals surface area contributed by atoms with Crippen molar-refractivity contribution < 1.29 is 18.9 Å². The number of quaternary nitrogens is 1. The summed E-state index contributed by atoms with van der Waals surface area (Å²) in [6.07, 6.45) is 1.98. The molecule has 5 heteroatoms. The van der Waals surface area contributed by atoms with Crippen molar-refractivity contribution in [2.45, 2.75) is 58.9 Å². The first kappa shape index (κ1) is 20.7. The van der Waals surface area contributed by atoms with Gasteiger partial charge >= 0.3 is 5.91 Å². The summed E-state index contributed by atoms with van der Waals surface area (Å²) >= 11 is 5.09. The number of ketones is 1. The van der Waals surface area contributed by atoms with Crippen LogP contribution in [-0.2, 0) is 27.0 Å². The second kappa shape index (κ2) is 7.97. The third-order valence-corrected chi connectivity index (χ3v) is 6.18. The molecule has 1 saturated heterocycles. The number of Topliss-reactive ketones (excluding diaryl/α,β-unsaturated/α-hetero) is 1. The standard InChI is InChI=1S/C21H29NO3S/c1-5-13-22(19(24)18(23)21(3,4)6-2)14-12-16(17(22)20(25)26)15-10-8-7-9-11-15/h7-11,16-17H,5-6,12-14H2,1-4H3/t16?,17-,22?/m0/s1. The molecule has 2 rings (SSSR count). The Hall–Kier alpha value is -1.59. The third-order valence-electron chi connectivity index (χ3n) is 5.94. The molecule has 3 atom stereocenters. The maximum absolute atomic E-state index is 13.4. The van der Waals surface area contributed by atoms with Crippen molar-refractivity contribution in [2.24, 2.45) is 5.41 Å². The summed E-state index contributed by atoms with van der Waals surface area (Å²) in [6.45, 7) is 8.44. The summed E-state index contributed by atoms with van der Waals surface area (Å²) < 4.78 is -0.110. The van der Waals surface area contributed by atoms with Crippen molar-refractivity contribution in [1.29, 1.82) is 0 Å². The van der Waals surface area contributed by atoms with Crippen LogP contribution in [0.25, 0.3) is 0 Å². The Morgan fingerprint density at radius 3 is 2.27 bits per heavy atom. The number of carbonyl (C=O) groups is 3. The van der Waals surface area contributed by atoms with Gasteiger partial charge < -0.3 is 17.4 Å². The van der Waals surface area contributed by atoms with Crippen LogP contribution in [0.1, 0.15) is 58.4 Å². The fourth-order valence-electron chi connectivity index (χ4n) is 4.06. The summed E-state index contributed by atoms with van der Waals surface area (Å²) in [5.74, 6) is -0.946. The normalized spacial score (nSPS) is 25.8. The average Bonchev–Trinajstić information content (AvgIpc) is 3.02. The van der Waals surface area contributed by atoms with E-state index in [-0.39, 0.29) is 16.2 Å². The fourth-order valence-corrected chi connectivity index (χ4v) is 4.42. The fraction of sp³-hybridized carbons (Fsp3) is 0.571. The predicted octanol–water partition coefficient (Wildman–Crippen LogP) is 3.37. The Morgan fingerprint density at radius 2 is 1.77 bits per heavy atom. The van der Waals surface area contributed by atoms with Crippen molar-refractivity contribution in [3.63, 3.8) is 0 Å². The van der Waals surface area contributed by atoms with Gasteiger partial charge in [-0.1, -0.05) is 58.0 Å². The molecule has 2 unspecified atom stereocenters. The zero-order chi connectivity index (χ0) is 19.5. The first-order chi connectivity index (χ1) is 12.2. The van der Waals surface area contributed by atoms with Crippen molar-refractivity contribution in [3.8, 4) is 0 Å². The maximum Gasteiger partial charge on any atom is 0.382 e. The third kappa shape index (κ3) is 3.60. The highest BCUT2D eigenvalue weighted by Crippen LogP contribution is 2.41. The van der Waals surface area contributed by atoms with Gasteiger partial charge in [-0.25, -0.2) is 9.28 Å². The summed E-state index contributed by atoms with van der Waals surface area (Å²) in [6, 6.07) is 9.08. The van der Waals surface area contributed by atoms with Gasteiger partial charge in [0.25, 0.3) is 5.78 Å². The number of likely N-dealkylation sites (tertiary alicyclic amines) is 1. The van der Waals surface area contributed by atoms with Gasteiger partial charge in [0.2, 0.25) is 0 Å². The molecule has 0 saturated carbocycles. The van der Waals surface area contributed by atoms with E-state index in [1.807, 2.05) is 44.2 Å². The van der Waals surface area contributed by atoms with Gasteiger partial charge in [-0.05, 0) is 18.4 Å². The second-order valence-electron chi connectivity index (χ2n) is 7.92. The van der Waals surface area contributed by atoms with Gasteiger partial charge in [-0.15, -0.1) is 0 Å². The smallest absolute Gasteiger partial charge is 0.382 e. The highest BCUT2D eigenvalue weighted by Gasteiger charge is 2.57. The second-order valence-corrected chi connectivity index (χ2v) is 8.33. The molecule has 0 spiro atoms. The average molecular weight is 376 g/mol. The number of nitrogens with zero attached hydrogens (tertiary/aromatic N) is 1. The van der Waals surface area contributed by atoms with E-state index in [4.69, 9.17) is 12.6 Å². The largest absolute Gasteiger partial charge is 0.736 e. The van der Waals surface area contributed by atoms with Crippen molar-refractivity contribution in [2.75, 3.05) is 13.1 Å². The minimum Gasteiger partial charge on any atom is -0.736 e. The number of hydrogen-bond acceptors (Lipinski definition) is 4. The zero-order valence-electron chi connectivity index (χ0n) is 16.2. The Labute approximate surface area is 162 Å². The minimum atomic E-state index is -0.726. The molecule has 26 heavy (non-hydrogen) atoms. The molecule has 0 aliphatic carbocycles. The molecular formula is C21H29NO3S. The van der Waals surface area contributed by atoms with E-state index in [1.165, 1.54) is 0 Å². The highest BCUT2D eigenvalue weighted by atomic mass is 32.1. The SMILES string of the molecule is CCC[N+]1(C(=O)C(=O)C(C)(C)CC)CCC(c2ccccc2)[C@H]1C(=O)[S-]. The molecule has 1 amide bonds. The minimum absolute atomic E-state index is 0.110. The van der Waals surface area contributed by atoms with Gasteiger partial charge in [-0.2, -0.15) is 0 Å². The molecule has 142 valence electrons. The van der Waals surface area contributed by atoms with E-state index in [0.29, 0.717) is 32.4 Å². The highest BCUT2D eigenvalue weighted by molar-refractivity contribution is 7.77. The van der Waals surface area contributed by atoms with E-state index in [2.05, 4.69) is 0 Å². The van der Waals surface area contributed by atoms with Crippen LogP contribution in [0.5, 0.6) is 0 Å². The molecule has 1 aromatic rings. The van der Waals surface area contributed by atoms with E-state index in [9.17, 15) is 14.4 Å². The summed E-state index contributed by atoms with van der Waals surface area (Å²) in [4.78, 5) is 38.8. The molecule has 0 N–H and O–H groups in total. The van der Waals surface area contributed by atoms with E-state index in [0.717, 1.165) is 5.56 Å². The first-order valence-corrected chi connectivity index (χ1v) is 9.84. The molecule has 0 bridgehead atoms. The lowest BCUT2D eigenvalue weighted by Gasteiger charge is -2.40. The van der Waals surface area contributed by atoms with Gasteiger partial charge in [0.05, 0.1) is 18.2 Å². The summed E-state index contributed by atoms with van der Waals surface area (Å²) in [5.41, 5.74) is 0.289.